The van der Waals surface area contributed by atoms with E-state index in [0.717, 1.165) is 37.8 Å². The van der Waals surface area contributed by atoms with Gasteiger partial charge in [0, 0.05) is 19.1 Å². The van der Waals surface area contributed by atoms with Gasteiger partial charge in [-0.05, 0) is 98.4 Å². The van der Waals surface area contributed by atoms with E-state index in [1.54, 1.807) is 0 Å². The number of sulfonamides is 1. The summed E-state index contributed by atoms with van der Waals surface area (Å²) < 4.78 is 27.7. The number of hydrogen-bond acceptors (Lipinski definition) is 4. The third-order valence-electron chi connectivity index (χ3n) is 10.5. The molecular formula is C34H49N3O3S. The lowest BCUT2D eigenvalue weighted by Crippen LogP contribution is -2.61. The Balaban J connectivity index is 1.22. The molecule has 3 aliphatic carbocycles. The van der Waals surface area contributed by atoms with E-state index in [4.69, 9.17) is 0 Å². The Labute approximate surface area is 247 Å². The number of benzene rings is 2. The molecule has 0 spiro atoms. The summed E-state index contributed by atoms with van der Waals surface area (Å²) in [6.07, 6.45) is 5.65. The van der Waals surface area contributed by atoms with Crippen LogP contribution in [0.5, 0.6) is 0 Å². The Kier molecular flexibility index (Phi) is 8.98. The lowest BCUT2D eigenvalue weighted by molar-refractivity contribution is -0.136. The molecule has 1 amide bonds. The summed E-state index contributed by atoms with van der Waals surface area (Å²) in [5, 5.41) is 3.29. The summed E-state index contributed by atoms with van der Waals surface area (Å²) in [5.41, 5.74) is 3.88. The maximum absolute atomic E-state index is 13.5. The minimum atomic E-state index is -3.47. The Morgan fingerprint density at radius 2 is 1.76 bits per heavy atom. The number of rotatable bonds is 11. The van der Waals surface area contributed by atoms with Crippen LogP contribution in [-0.4, -0.2) is 62.0 Å². The molecular weight excluding hydrogens is 530 g/mol. The molecule has 6 atom stereocenters. The van der Waals surface area contributed by atoms with Crippen LogP contribution in [-0.2, 0) is 34.2 Å². The van der Waals surface area contributed by atoms with E-state index < -0.39 is 16.1 Å². The smallest absolute Gasteiger partial charge is 0.238 e. The van der Waals surface area contributed by atoms with Crippen molar-refractivity contribution in [3.8, 4) is 0 Å². The van der Waals surface area contributed by atoms with Crippen LogP contribution in [0, 0.1) is 29.1 Å². The van der Waals surface area contributed by atoms with Crippen molar-refractivity contribution in [1.82, 2.24) is 14.5 Å². The van der Waals surface area contributed by atoms with Crippen molar-refractivity contribution >= 4 is 15.9 Å². The minimum Gasteiger partial charge on any atom is -0.352 e. The number of nitrogens with one attached hydrogen (secondary N) is 1. The molecule has 2 aromatic rings. The highest BCUT2D eigenvalue weighted by Crippen LogP contribution is 2.61. The number of aryl methyl sites for hydroxylation is 1. The molecule has 7 heteroatoms. The monoisotopic (exact) mass is 579 g/mol. The largest absolute Gasteiger partial charge is 0.352 e. The molecule has 224 valence electrons. The van der Waals surface area contributed by atoms with Gasteiger partial charge >= 0.3 is 0 Å². The van der Waals surface area contributed by atoms with Crippen molar-refractivity contribution in [3.05, 3.63) is 71.3 Å². The van der Waals surface area contributed by atoms with Gasteiger partial charge < -0.3 is 10.2 Å². The maximum atomic E-state index is 13.5. The molecule has 1 aliphatic heterocycles. The summed E-state index contributed by atoms with van der Waals surface area (Å²) in [5.74, 6) is 2.13. The van der Waals surface area contributed by atoms with Crippen LogP contribution in [0.2, 0.25) is 0 Å². The van der Waals surface area contributed by atoms with Crippen LogP contribution >= 0.6 is 0 Å². The molecule has 2 bridgehead atoms. The van der Waals surface area contributed by atoms with Crippen LogP contribution in [0.1, 0.15) is 63.1 Å². The standard InChI is InChI=1S/C34H49N3O3S/c1-24-30-20-29(34(30,2)3)21-31(24)35-33(38)32-16-17-41(39,40)37(32)23-27-13-9-12-26(19-27)14-15-28(22-36(4)5)18-25-10-7-6-8-11-25/h6-13,19,24,28-32H,14-18,20-23H2,1-5H3,(H,35,38)/t24-,28-,29-,30+,31-,32?/m0/s1. The summed E-state index contributed by atoms with van der Waals surface area (Å²) in [4.78, 5) is 15.7. The van der Waals surface area contributed by atoms with E-state index >= 15 is 0 Å². The van der Waals surface area contributed by atoms with Gasteiger partial charge in [-0.2, -0.15) is 4.31 Å². The van der Waals surface area contributed by atoms with E-state index in [0.29, 0.717) is 35.5 Å². The molecule has 4 fully saturated rings. The van der Waals surface area contributed by atoms with Gasteiger partial charge in [-0.15, -0.1) is 0 Å². The molecule has 41 heavy (non-hydrogen) atoms. The normalized spacial score (nSPS) is 29.2. The van der Waals surface area contributed by atoms with E-state index in [1.165, 1.54) is 21.9 Å². The first-order valence-corrected chi connectivity index (χ1v) is 17.1. The third-order valence-corrected chi connectivity index (χ3v) is 12.3. The summed E-state index contributed by atoms with van der Waals surface area (Å²) in [6.45, 7) is 8.23. The van der Waals surface area contributed by atoms with Crippen LogP contribution < -0.4 is 5.32 Å². The van der Waals surface area contributed by atoms with E-state index in [2.05, 4.69) is 87.5 Å². The second-order valence-corrected chi connectivity index (χ2v) is 16.0. The average Bonchev–Trinajstić information content (AvgIpc) is 3.22. The van der Waals surface area contributed by atoms with Gasteiger partial charge in [0.15, 0.2) is 0 Å². The molecule has 4 aliphatic rings. The Bertz CT molecular complexity index is 1310. The van der Waals surface area contributed by atoms with Crippen molar-refractivity contribution in [2.45, 2.75) is 77.9 Å². The highest BCUT2D eigenvalue weighted by atomic mass is 32.2. The number of nitrogens with zero attached hydrogens (tertiary/aromatic N) is 2. The molecule has 0 radical (unpaired) electrons. The molecule has 6 rings (SSSR count). The fraction of sp³-hybridized carbons (Fsp3) is 0.618. The molecule has 2 aromatic carbocycles. The number of amides is 1. The second kappa shape index (κ2) is 12.2. The molecule has 3 saturated carbocycles. The van der Waals surface area contributed by atoms with E-state index in [1.807, 2.05) is 12.1 Å². The zero-order chi connectivity index (χ0) is 29.4. The Morgan fingerprint density at radius 1 is 1.05 bits per heavy atom. The highest BCUT2D eigenvalue weighted by Gasteiger charge is 2.56. The van der Waals surface area contributed by atoms with Gasteiger partial charge in [0.1, 0.15) is 6.04 Å². The molecule has 1 heterocycles. The first-order chi connectivity index (χ1) is 19.4. The van der Waals surface area contributed by atoms with Crippen molar-refractivity contribution in [1.29, 1.82) is 0 Å². The number of hydrogen-bond donors (Lipinski definition) is 1. The Hall–Kier alpha value is -2.22. The number of fused-ring (bicyclic) bond motifs is 2. The SMILES string of the molecule is C[C@@H]1[C@@H](NC(=O)C2CCS(=O)(=O)N2Cc2cccc(CC[C@@H](Cc3ccccc3)CN(C)C)c2)C[C@@H]2C[C@H]1C2(C)C. The first kappa shape index (κ1) is 30.2. The van der Waals surface area contributed by atoms with Crippen molar-refractivity contribution in [3.63, 3.8) is 0 Å². The van der Waals surface area contributed by atoms with Crippen LogP contribution in [0.4, 0.5) is 0 Å². The first-order valence-electron chi connectivity index (χ1n) is 15.5. The number of carbonyl (C=O) groups excluding carboxylic acids is 1. The molecule has 1 saturated heterocycles. The van der Waals surface area contributed by atoms with E-state index in [9.17, 15) is 13.2 Å². The predicted molar refractivity (Wildman–Crippen MR) is 166 cm³/mol. The Morgan fingerprint density at radius 3 is 2.44 bits per heavy atom. The lowest BCUT2D eigenvalue weighted by Gasteiger charge is -2.62. The maximum Gasteiger partial charge on any atom is 0.238 e. The van der Waals surface area contributed by atoms with Crippen molar-refractivity contribution in [2.75, 3.05) is 26.4 Å². The van der Waals surface area contributed by atoms with E-state index in [-0.39, 0.29) is 24.2 Å². The zero-order valence-electron chi connectivity index (χ0n) is 25.6. The van der Waals surface area contributed by atoms with Crippen molar-refractivity contribution in [2.24, 2.45) is 29.1 Å². The highest BCUT2D eigenvalue weighted by molar-refractivity contribution is 7.89. The summed E-state index contributed by atoms with van der Waals surface area (Å²) in [7, 11) is 0.776. The quantitative estimate of drug-likeness (QED) is 0.401. The minimum absolute atomic E-state index is 0.0367. The molecule has 1 N–H and O–H groups in total. The van der Waals surface area contributed by atoms with Gasteiger partial charge in [-0.1, -0.05) is 75.4 Å². The zero-order valence-corrected chi connectivity index (χ0v) is 26.4. The lowest BCUT2D eigenvalue weighted by atomic mass is 9.45. The average molecular weight is 580 g/mol. The van der Waals surface area contributed by atoms with Crippen LogP contribution in [0.3, 0.4) is 0 Å². The predicted octanol–water partition coefficient (Wildman–Crippen LogP) is 5.13. The van der Waals surface area contributed by atoms with Crippen LogP contribution in [0.25, 0.3) is 0 Å². The van der Waals surface area contributed by atoms with Gasteiger partial charge in [-0.25, -0.2) is 8.42 Å². The van der Waals surface area contributed by atoms with Gasteiger partial charge in [0.05, 0.1) is 5.75 Å². The van der Waals surface area contributed by atoms with Crippen LogP contribution in [0.15, 0.2) is 54.6 Å². The number of carbonyl (C=O) groups is 1. The molecule has 6 nitrogen and oxygen atoms in total. The molecule has 0 aromatic heterocycles. The van der Waals surface area contributed by atoms with Gasteiger partial charge in [0.2, 0.25) is 15.9 Å². The third kappa shape index (κ3) is 6.73. The fourth-order valence-corrected chi connectivity index (χ4v) is 9.65. The summed E-state index contributed by atoms with van der Waals surface area (Å²) in [6, 6.07) is 18.5. The van der Waals surface area contributed by atoms with Gasteiger partial charge in [0.25, 0.3) is 0 Å². The fourth-order valence-electron chi connectivity index (χ4n) is 7.96. The topological polar surface area (TPSA) is 69.7 Å². The van der Waals surface area contributed by atoms with Gasteiger partial charge in [-0.3, -0.25) is 4.79 Å². The molecule has 1 unspecified atom stereocenters. The second-order valence-electron chi connectivity index (χ2n) is 13.9. The summed E-state index contributed by atoms with van der Waals surface area (Å²) >= 11 is 0. The van der Waals surface area contributed by atoms with Crippen molar-refractivity contribution < 1.29 is 13.2 Å².